The molecule has 2 N–H and O–H groups in total. The molecule has 0 unspecified atom stereocenters. The fraction of sp³-hybridized carbons (Fsp3) is 0.222. The van der Waals surface area contributed by atoms with Gasteiger partial charge < -0.3 is 5.73 Å². The fourth-order valence-electron chi connectivity index (χ4n) is 1.20. The third-order valence-corrected chi connectivity index (χ3v) is 1.73. The largest absolute Gasteiger partial charge is 0.366 e. The molecule has 2 heteroatoms. The van der Waals surface area contributed by atoms with Crippen molar-refractivity contribution in [3.8, 4) is 0 Å². The maximum atomic E-state index is 10.9. The van der Waals surface area contributed by atoms with Gasteiger partial charge in [0.05, 0.1) is 0 Å². The molecule has 0 spiro atoms. The minimum absolute atomic E-state index is 0.347. The van der Waals surface area contributed by atoms with Crippen LogP contribution in [0, 0.1) is 13.8 Å². The molecule has 0 atom stereocenters. The van der Waals surface area contributed by atoms with Gasteiger partial charge in [-0.1, -0.05) is 18.2 Å². The van der Waals surface area contributed by atoms with Gasteiger partial charge in [-0.15, -0.1) is 0 Å². The van der Waals surface area contributed by atoms with E-state index in [1.54, 1.807) is 0 Å². The number of benzene rings is 1. The van der Waals surface area contributed by atoms with Crippen LogP contribution in [0.15, 0.2) is 18.2 Å². The Bertz CT molecular complexity index is 271. The number of amides is 1. The standard InChI is InChI=1S/C9H11NO/c1-6-4-3-5-7(2)8(6)9(10)11/h3-5H,1-2H3,(H2,10,11). The van der Waals surface area contributed by atoms with E-state index in [1.165, 1.54) is 0 Å². The Morgan fingerprint density at radius 2 is 1.73 bits per heavy atom. The van der Waals surface area contributed by atoms with Crippen LogP contribution in [-0.2, 0) is 0 Å². The number of aryl methyl sites for hydroxylation is 2. The number of hydrogen-bond donors (Lipinski definition) is 1. The molecule has 0 aliphatic rings. The Morgan fingerprint density at radius 3 is 2.00 bits per heavy atom. The fourth-order valence-corrected chi connectivity index (χ4v) is 1.20. The SMILES string of the molecule is Cc1cccc(C)c1C(N)=O. The van der Waals surface area contributed by atoms with E-state index in [2.05, 4.69) is 0 Å². The van der Waals surface area contributed by atoms with E-state index in [9.17, 15) is 4.79 Å². The van der Waals surface area contributed by atoms with E-state index >= 15 is 0 Å². The zero-order valence-corrected chi connectivity index (χ0v) is 6.72. The van der Waals surface area contributed by atoms with Gasteiger partial charge in [-0.25, -0.2) is 0 Å². The van der Waals surface area contributed by atoms with Crippen LogP contribution < -0.4 is 5.73 Å². The molecule has 1 aromatic rings. The molecule has 0 heterocycles. The van der Waals surface area contributed by atoms with Crippen LogP contribution in [0.2, 0.25) is 0 Å². The van der Waals surface area contributed by atoms with E-state index < -0.39 is 0 Å². The smallest absolute Gasteiger partial charge is 0.249 e. The predicted octanol–water partition coefficient (Wildman–Crippen LogP) is 1.40. The lowest BCUT2D eigenvalue weighted by Gasteiger charge is -2.03. The van der Waals surface area contributed by atoms with Gasteiger partial charge in [0.1, 0.15) is 0 Å². The topological polar surface area (TPSA) is 43.1 Å². The maximum Gasteiger partial charge on any atom is 0.249 e. The molecule has 2 nitrogen and oxygen atoms in total. The quantitative estimate of drug-likeness (QED) is 0.644. The number of rotatable bonds is 1. The number of hydrogen-bond acceptors (Lipinski definition) is 1. The van der Waals surface area contributed by atoms with Crippen LogP contribution in [0.4, 0.5) is 0 Å². The number of primary amides is 1. The summed E-state index contributed by atoms with van der Waals surface area (Å²) in [5.74, 6) is -0.347. The van der Waals surface area contributed by atoms with Gasteiger partial charge in [-0.2, -0.15) is 0 Å². The molecule has 0 saturated heterocycles. The van der Waals surface area contributed by atoms with E-state index in [0.29, 0.717) is 5.56 Å². The molecule has 1 rings (SSSR count). The molecule has 0 saturated carbocycles. The lowest BCUT2D eigenvalue weighted by atomic mass is 10.0. The molecule has 0 radical (unpaired) electrons. The summed E-state index contributed by atoms with van der Waals surface area (Å²) in [7, 11) is 0. The number of carbonyl (C=O) groups is 1. The molecule has 58 valence electrons. The summed E-state index contributed by atoms with van der Waals surface area (Å²) in [6.07, 6.45) is 0. The van der Waals surface area contributed by atoms with Crippen molar-refractivity contribution >= 4 is 5.91 Å². The third-order valence-electron chi connectivity index (χ3n) is 1.73. The van der Waals surface area contributed by atoms with E-state index in [4.69, 9.17) is 5.73 Å². The molecule has 1 amide bonds. The van der Waals surface area contributed by atoms with Gasteiger partial charge in [0.2, 0.25) is 5.91 Å². The average Bonchev–Trinajstić information content (AvgIpc) is 1.85. The first kappa shape index (κ1) is 7.79. The van der Waals surface area contributed by atoms with Crippen LogP contribution in [0.3, 0.4) is 0 Å². The van der Waals surface area contributed by atoms with E-state index in [1.807, 2.05) is 32.0 Å². The molecule has 11 heavy (non-hydrogen) atoms. The molecule has 0 aliphatic carbocycles. The van der Waals surface area contributed by atoms with Crippen molar-refractivity contribution in [1.82, 2.24) is 0 Å². The first-order valence-electron chi connectivity index (χ1n) is 3.49. The number of carbonyl (C=O) groups excluding carboxylic acids is 1. The summed E-state index contributed by atoms with van der Waals surface area (Å²) in [6.45, 7) is 3.76. The van der Waals surface area contributed by atoms with Crippen molar-refractivity contribution in [1.29, 1.82) is 0 Å². The summed E-state index contributed by atoms with van der Waals surface area (Å²) < 4.78 is 0. The Hall–Kier alpha value is -1.31. The van der Waals surface area contributed by atoms with Gasteiger partial charge in [0, 0.05) is 5.56 Å². The predicted molar refractivity (Wildman–Crippen MR) is 44.4 cm³/mol. The molecular formula is C9H11NO. The molecule has 0 aliphatic heterocycles. The van der Waals surface area contributed by atoms with Crippen LogP contribution in [0.5, 0.6) is 0 Å². The number of nitrogens with two attached hydrogens (primary N) is 1. The second-order valence-electron chi connectivity index (χ2n) is 2.63. The third kappa shape index (κ3) is 1.40. The van der Waals surface area contributed by atoms with Crippen molar-refractivity contribution in [3.05, 3.63) is 34.9 Å². The van der Waals surface area contributed by atoms with Crippen molar-refractivity contribution in [2.45, 2.75) is 13.8 Å². The zero-order chi connectivity index (χ0) is 8.43. The van der Waals surface area contributed by atoms with E-state index in [0.717, 1.165) is 11.1 Å². The van der Waals surface area contributed by atoms with E-state index in [-0.39, 0.29) is 5.91 Å². The van der Waals surface area contributed by atoms with Crippen LogP contribution in [0.25, 0.3) is 0 Å². The molecule has 0 bridgehead atoms. The molecule has 0 fully saturated rings. The maximum absolute atomic E-state index is 10.9. The van der Waals surface area contributed by atoms with Gasteiger partial charge >= 0.3 is 0 Å². The zero-order valence-electron chi connectivity index (χ0n) is 6.72. The van der Waals surface area contributed by atoms with Crippen molar-refractivity contribution in [2.75, 3.05) is 0 Å². The minimum Gasteiger partial charge on any atom is -0.366 e. The summed E-state index contributed by atoms with van der Waals surface area (Å²) >= 11 is 0. The summed E-state index contributed by atoms with van der Waals surface area (Å²) in [5.41, 5.74) is 7.71. The minimum atomic E-state index is -0.347. The summed E-state index contributed by atoms with van der Waals surface area (Å²) in [6, 6.07) is 5.68. The van der Waals surface area contributed by atoms with Crippen LogP contribution in [-0.4, -0.2) is 5.91 Å². The summed E-state index contributed by atoms with van der Waals surface area (Å²) in [5, 5.41) is 0. The Morgan fingerprint density at radius 1 is 1.27 bits per heavy atom. The lowest BCUT2D eigenvalue weighted by Crippen LogP contribution is -2.14. The monoisotopic (exact) mass is 149 g/mol. The highest BCUT2D eigenvalue weighted by atomic mass is 16.1. The van der Waals surface area contributed by atoms with Crippen molar-refractivity contribution < 1.29 is 4.79 Å². The van der Waals surface area contributed by atoms with Gasteiger partial charge in [-0.3, -0.25) is 4.79 Å². The Labute approximate surface area is 66.0 Å². The Kier molecular flexibility index (Phi) is 1.94. The lowest BCUT2D eigenvalue weighted by molar-refractivity contribution is 0.0999. The van der Waals surface area contributed by atoms with Gasteiger partial charge in [0.15, 0.2) is 0 Å². The Balaban J connectivity index is 3.32. The van der Waals surface area contributed by atoms with Crippen molar-refractivity contribution in [3.63, 3.8) is 0 Å². The molecular weight excluding hydrogens is 138 g/mol. The molecule has 0 aromatic heterocycles. The van der Waals surface area contributed by atoms with Gasteiger partial charge in [-0.05, 0) is 25.0 Å². The highest BCUT2D eigenvalue weighted by Gasteiger charge is 2.06. The van der Waals surface area contributed by atoms with Crippen LogP contribution in [0.1, 0.15) is 21.5 Å². The first-order chi connectivity index (χ1) is 5.13. The second kappa shape index (κ2) is 2.74. The van der Waals surface area contributed by atoms with Gasteiger partial charge in [0.25, 0.3) is 0 Å². The molecule has 1 aromatic carbocycles. The highest BCUT2D eigenvalue weighted by molar-refractivity contribution is 5.95. The second-order valence-corrected chi connectivity index (χ2v) is 2.63. The summed E-state index contributed by atoms with van der Waals surface area (Å²) in [4.78, 5) is 10.9. The van der Waals surface area contributed by atoms with Crippen molar-refractivity contribution in [2.24, 2.45) is 5.73 Å². The first-order valence-corrected chi connectivity index (χ1v) is 3.49. The van der Waals surface area contributed by atoms with Crippen LogP contribution >= 0.6 is 0 Å². The normalized spacial score (nSPS) is 9.64. The average molecular weight is 149 g/mol. The highest BCUT2D eigenvalue weighted by Crippen LogP contribution is 2.11.